The van der Waals surface area contributed by atoms with Crippen molar-refractivity contribution >= 4 is 35.6 Å². The van der Waals surface area contributed by atoms with Gasteiger partial charge in [-0.1, -0.05) is 11.6 Å². The molecule has 1 aliphatic rings. The van der Waals surface area contributed by atoms with Gasteiger partial charge in [-0.05, 0) is 25.1 Å². The fourth-order valence-electron chi connectivity index (χ4n) is 2.16. The lowest BCUT2D eigenvalue weighted by Crippen LogP contribution is -2.38. The molecule has 1 heterocycles. The summed E-state index contributed by atoms with van der Waals surface area (Å²) in [7, 11) is 1.66. The van der Waals surface area contributed by atoms with Gasteiger partial charge in [-0.3, -0.25) is 14.9 Å². The fourth-order valence-corrected chi connectivity index (χ4v) is 2.34. The number of nitrogens with one attached hydrogen (secondary N) is 1. The number of likely N-dealkylation sites (N-methyl/N-ethyl adjacent to an activating group) is 1. The summed E-state index contributed by atoms with van der Waals surface area (Å²) in [5, 5.41) is 14.4. The Bertz CT molecular complexity index is 519. The van der Waals surface area contributed by atoms with Crippen molar-refractivity contribution in [2.75, 3.05) is 20.1 Å². The first-order valence-electron chi connectivity index (χ1n) is 5.92. The van der Waals surface area contributed by atoms with Crippen LogP contribution in [0.5, 0.6) is 0 Å². The first-order chi connectivity index (χ1) is 9.00. The third kappa shape index (κ3) is 3.39. The second-order valence-electron chi connectivity index (χ2n) is 4.48. The summed E-state index contributed by atoms with van der Waals surface area (Å²) in [5.74, 6) is -0.372. The van der Waals surface area contributed by atoms with Crippen LogP contribution in [0.25, 0.3) is 0 Å². The molecule has 0 bridgehead atoms. The number of halogens is 2. The third-order valence-corrected chi connectivity index (χ3v) is 3.52. The van der Waals surface area contributed by atoms with Crippen molar-refractivity contribution < 1.29 is 9.72 Å². The maximum Gasteiger partial charge on any atom is 0.282 e. The Morgan fingerprint density at radius 2 is 2.25 bits per heavy atom. The van der Waals surface area contributed by atoms with Crippen molar-refractivity contribution in [1.29, 1.82) is 0 Å². The summed E-state index contributed by atoms with van der Waals surface area (Å²) in [4.78, 5) is 24.3. The maximum absolute atomic E-state index is 12.3. The van der Waals surface area contributed by atoms with Gasteiger partial charge in [0.25, 0.3) is 11.6 Å². The van der Waals surface area contributed by atoms with Crippen molar-refractivity contribution in [3.05, 3.63) is 38.9 Å². The molecule has 1 N–H and O–H groups in total. The number of amides is 1. The zero-order valence-electron chi connectivity index (χ0n) is 10.8. The number of carbonyl (C=O) groups is 1. The average Bonchev–Trinajstić information content (AvgIpc) is 2.90. The van der Waals surface area contributed by atoms with Crippen molar-refractivity contribution in [3.8, 4) is 0 Å². The summed E-state index contributed by atoms with van der Waals surface area (Å²) < 4.78 is 0. The van der Waals surface area contributed by atoms with E-state index in [2.05, 4.69) is 5.32 Å². The van der Waals surface area contributed by atoms with Gasteiger partial charge in [-0.25, -0.2) is 0 Å². The van der Waals surface area contributed by atoms with E-state index in [0.29, 0.717) is 11.6 Å². The number of nitro benzene ring substituents is 1. The van der Waals surface area contributed by atoms with Gasteiger partial charge in [0.05, 0.1) is 4.92 Å². The van der Waals surface area contributed by atoms with E-state index >= 15 is 0 Å². The molecule has 1 saturated heterocycles. The first-order valence-corrected chi connectivity index (χ1v) is 6.30. The highest BCUT2D eigenvalue weighted by atomic mass is 35.5. The van der Waals surface area contributed by atoms with Crippen LogP contribution in [0.2, 0.25) is 5.02 Å². The monoisotopic (exact) mass is 319 g/mol. The Morgan fingerprint density at radius 1 is 1.55 bits per heavy atom. The molecule has 20 heavy (non-hydrogen) atoms. The molecule has 0 spiro atoms. The summed E-state index contributed by atoms with van der Waals surface area (Å²) in [5.41, 5.74) is -0.181. The predicted octanol–water partition coefficient (Wildman–Crippen LogP) is 2.10. The van der Waals surface area contributed by atoms with E-state index in [-0.39, 0.29) is 35.6 Å². The van der Waals surface area contributed by atoms with Crippen LogP contribution in [0.4, 0.5) is 5.69 Å². The molecular formula is C12H15Cl2N3O3. The van der Waals surface area contributed by atoms with Gasteiger partial charge >= 0.3 is 0 Å². The van der Waals surface area contributed by atoms with E-state index in [0.717, 1.165) is 13.0 Å². The van der Waals surface area contributed by atoms with Gasteiger partial charge in [0.15, 0.2) is 0 Å². The summed E-state index contributed by atoms with van der Waals surface area (Å²) in [6, 6.07) is 4.08. The van der Waals surface area contributed by atoms with E-state index in [1.165, 1.54) is 18.2 Å². The highest BCUT2D eigenvalue weighted by Crippen LogP contribution is 2.25. The lowest BCUT2D eigenvalue weighted by atomic mass is 10.1. The van der Waals surface area contributed by atoms with Gasteiger partial charge in [-0.15, -0.1) is 12.4 Å². The number of nitro groups is 1. The number of rotatable bonds is 3. The van der Waals surface area contributed by atoms with Crippen molar-refractivity contribution in [3.63, 3.8) is 0 Å². The minimum absolute atomic E-state index is 0. The molecular weight excluding hydrogens is 305 g/mol. The van der Waals surface area contributed by atoms with Crippen LogP contribution in [0.1, 0.15) is 16.8 Å². The molecule has 6 nitrogen and oxygen atoms in total. The number of nitrogens with zero attached hydrogens (tertiary/aromatic N) is 2. The minimum Gasteiger partial charge on any atom is -0.337 e. The van der Waals surface area contributed by atoms with Gasteiger partial charge in [0.1, 0.15) is 5.56 Å². The van der Waals surface area contributed by atoms with E-state index in [1.807, 2.05) is 0 Å². The Labute approximate surface area is 127 Å². The van der Waals surface area contributed by atoms with Crippen LogP contribution in [0, 0.1) is 10.1 Å². The predicted molar refractivity (Wildman–Crippen MR) is 78.7 cm³/mol. The summed E-state index contributed by atoms with van der Waals surface area (Å²) in [6.45, 7) is 1.55. The smallest absolute Gasteiger partial charge is 0.282 e. The van der Waals surface area contributed by atoms with E-state index in [1.54, 1.807) is 11.9 Å². The lowest BCUT2D eigenvalue weighted by Gasteiger charge is -2.23. The molecule has 0 aliphatic carbocycles. The molecule has 1 fully saturated rings. The molecule has 1 atom stereocenters. The minimum atomic E-state index is -0.565. The second-order valence-corrected chi connectivity index (χ2v) is 4.92. The topological polar surface area (TPSA) is 75.5 Å². The Kier molecular flexibility index (Phi) is 5.74. The quantitative estimate of drug-likeness (QED) is 0.683. The van der Waals surface area contributed by atoms with Crippen LogP contribution in [-0.4, -0.2) is 41.9 Å². The summed E-state index contributed by atoms with van der Waals surface area (Å²) >= 11 is 5.82. The second kappa shape index (κ2) is 6.88. The van der Waals surface area contributed by atoms with Gasteiger partial charge in [-0.2, -0.15) is 0 Å². The molecule has 2 rings (SSSR count). The zero-order chi connectivity index (χ0) is 14.0. The van der Waals surface area contributed by atoms with Crippen LogP contribution in [0.15, 0.2) is 18.2 Å². The molecule has 8 heteroatoms. The normalized spacial score (nSPS) is 17.4. The number of carbonyl (C=O) groups excluding carboxylic acids is 1. The molecule has 0 radical (unpaired) electrons. The largest absolute Gasteiger partial charge is 0.337 e. The van der Waals surface area contributed by atoms with E-state index in [9.17, 15) is 14.9 Å². The average molecular weight is 320 g/mol. The van der Waals surface area contributed by atoms with Crippen LogP contribution >= 0.6 is 24.0 Å². The first kappa shape index (κ1) is 16.7. The number of benzene rings is 1. The van der Waals surface area contributed by atoms with Gasteiger partial charge in [0.2, 0.25) is 0 Å². The highest BCUT2D eigenvalue weighted by molar-refractivity contribution is 6.31. The molecule has 0 saturated carbocycles. The van der Waals surface area contributed by atoms with Crippen molar-refractivity contribution in [2.24, 2.45) is 0 Å². The molecule has 1 aliphatic heterocycles. The Morgan fingerprint density at radius 3 is 2.80 bits per heavy atom. The molecule has 1 amide bonds. The maximum atomic E-state index is 12.3. The standard InChI is InChI=1S/C12H14ClN3O3.ClH/c1-15(9-4-5-14-7-9)12(17)10-6-8(13)2-3-11(10)16(18)19;/h2-3,6,9,14H,4-5,7H2,1H3;1H. The fraction of sp³-hybridized carbons (Fsp3) is 0.417. The SMILES string of the molecule is CN(C(=O)c1cc(Cl)ccc1[N+](=O)[O-])C1CCNC1.Cl. The van der Waals surface area contributed by atoms with Crippen LogP contribution in [0.3, 0.4) is 0 Å². The van der Waals surface area contributed by atoms with Crippen LogP contribution < -0.4 is 5.32 Å². The zero-order valence-corrected chi connectivity index (χ0v) is 12.4. The Hall–Kier alpha value is -1.37. The number of hydrogen-bond acceptors (Lipinski definition) is 4. The lowest BCUT2D eigenvalue weighted by molar-refractivity contribution is -0.385. The molecule has 1 unspecified atom stereocenters. The van der Waals surface area contributed by atoms with E-state index < -0.39 is 4.92 Å². The Balaban J connectivity index is 0.00000200. The molecule has 1 aromatic carbocycles. The third-order valence-electron chi connectivity index (χ3n) is 3.29. The highest BCUT2D eigenvalue weighted by Gasteiger charge is 2.28. The van der Waals surface area contributed by atoms with Gasteiger partial charge in [0, 0.05) is 30.7 Å². The molecule has 0 aromatic heterocycles. The van der Waals surface area contributed by atoms with E-state index in [4.69, 9.17) is 11.6 Å². The van der Waals surface area contributed by atoms with Gasteiger partial charge < -0.3 is 10.2 Å². The van der Waals surface area contributed by atoms with Crippen LogP contribution in [-0.2, 0) is 0 Å². The molecule has 1 aromatic rings. The number of hydrogen-bond donors (Lipinski definition) is 1. The van der Waals surface area contributed by atoms with Crippen molar-refractivity contribution in [1.82, 2.24) is 10.2 Å². The summed E-state index contributed by atoms with van der Waals surface area (Å²) in [6.07, 6.45) is 0.844. The van der Waals surface area contributed by atoms with Crippen molar-refractivity contribution in [2.45, 2.75) is 12.5 Å². The molecule has 110 valence electrons.